The van der Waals surface area contributed by atoms with Crippen LogP contribution in [0.25, 0.3) is 0 Å². The van der Waals surface area contributed by atoms with Crippen molar-refractivity contribution in [2.75, 3.05) is 29.8 Å². The van der Waals surface area contributed by atoms with Crippen LogP contribution in [0.4, 0.5) is 11.5 Å². The van der Waals surface area contributed by atoms with Gasteiger partial charge in [0.05, 0.1) is 16.8 Å². The molecule has 0 saturated carbocycles. The van der Waals surface area contributed by atoms with Gasteiger partial charge in [-0.05, 0) is 36.6 Å². The van der Waals surface area contributed by atoms with Crippen LogP contribution in [0.5, 0.6) is 11.5 Å². The Hall–Kier alpha value is -2.48. The van der Waals surface area contributed by atoms with Crippen LogP contribution < -0.4 is 19.5 Å². The van der Waals surface area contributed by atoms with Crippen molar-refractivity contribution in [3.63, 3.8) is 0 Å². The van der Waals surface area contributed by atoms with Gasteiger partial charge in [0.15, 0.2) is 11.5 Å². The van der Waals surface area contributed by atoms with Gasteiger partial charge in [-0.3, -0.25) is 4.72 Å². The van der Waals surface area contributed by atoms with Crippen molar-refractivity contribution >= 4 is 21.5 Å². The van der Waals surface area contributed by atoms with E-state index in [1.165, 1.54) is 12.1 Å². The molecule has 0 fully saturated rings. The van der Waals surface area contributed by atoms with Crippen LogP contribution in [-0.4, -0.2) is 33.2 Å². The van der Waals surface area contributed by atoms with Crippen molar-refractivity contribution in [3.8, 4) is 11.5 Å². The zero-order chi connectivity index (χ0) is 18.6. The van der Waals surface area contributed by atoms with E-state index in [1.807, 2.05) is 0 Å². The number of rotatable bonds is 7. The molecule has 7 nitrogen and oxygen atoms in total. The number of anilines is 2. The number of nitrogens with one attached hydrogen (secondary N) is 2. The third-order valence-electron chi connectivity index (χ3n) is 3.88. The topological polar surface area (TPSA) is 89.5 Å². The van der Waals surface area contributed by atoms with Gasteiger partial charge >= 0.3 is 0 Å². The summed E-state index contributed by atoms with van der Waals surface area (Å²) in [6, 6.07) is 7.97. The lowest BCUT2D eigenvalue weighted by Crippen LogP contribution is -2.17. The molecule has 0 saturated heterocycles. The third-order valence-corrected chi connectivity index (χ3v) is 5.23. The second-order valence-electron chi connectivity index (χ2n) is 6.45. The molecule has 0 bridgehead atoms. The van der Waals surface area contributed by atoms with Crippen molar-refractivity contribution in [1.82, 2.24) is 4.98 Å². The highest BCUT2D eigenvalue weighted by atomic mass is 32.2. The van der Waals surface area contributed by atoms with E-state index in [1.54, 1.807) is 24.4 Å². The van der Waals surface area contributed by atoms with Gasteiger partial charge < -0.3 is 14.8 Å². The number of fused-ring (bicyclic) bond motifs is 1. The fraction of sp³-hybridized carbons (Fsp3) is 0.389. The first-order chi connectivity index (χ1) is 12.4. The Bertz CT molecular complexity index is 851. The summed E-state index contributed by atoms with van der Waals surface area (Å²) in [4.78, 5) is 4.27. The fourth-order valence-electron chi connectivity index (χ4n) is 2.45. The molecule has 0 unspecified atom stereocenters. The van der Waals surface area contributed by atoms with Gasteiger partial charge in [-0.25, -0.2) is 13.4 Å². The molecule has 0 atom stereocenters. The van der Waals surface area contributed by atoms with Gasteiger partial charge in [0.25, 0.3) is 10.0 Å². The Morgan fingerprint density at radius 2 is 1.88 bits per heavy atom. The zero-order valence-electron chi connectivity index (χ0n) is 14.9. The molecule has 1 aliphatic rings. The molecule has 1 aliphatic heterocycles. The monoisotopic (exact) mass is 377 g/mol. The van der Waals surface area contributed by atoms with Crippen LogP contribution >= 0.6 is 0 Å². The molecule has 140 valence electrons. The van der Waals surface area contributed by atoms with E-state index >= 15 is 0 Å². The summed E-state index contributed by atoms with van der Waals surface area (Å²) in [5.41, 5.74) is 0.855. The van der Waals surface area contributed by atoms with Crippen molar-refractivity contribution in [1.29, 1.82) is 0 Å². The van der Waals surface area contributed by atoms with Crippen molar-refractivity contribution in [3.05, 3.63) is 36.5 Å². The number of aromatic nitrogens is 1. The molecule has 1 aromatic carbocycles. The first-order valence-corrected chi connectivity index (χ1v) is 10.0. The standard InChI is InChI=1S/C18H23N3O4S/c1-13(2)7-8-19-14-3-6-18(20-12-14)21-26(22,23)15-4-5-16-17(11-15)25-10-9-24-16/h3-6,11-13,19H,7-10H2,1-2H3,(H,20,21). The molecule has 2 aromatic rings. The third kappa shape index (κ3) is 4.57. The lowest BCUT2D eigenvalue weighted by molar-refractivity contribution is 0.171. The lowest BCUT2D eigenvalue weighted by atomic mass is 10.1. The molecule has 26 heavy (non-hydrogen) atoms. The zero-order valence-corrected chi connectivity index (χ0v) is 15.7. The van der Waals surface area contributed by atoms with Gasteiger partial charge in [0, 0.05) is 12.6 Å². The van der Waals surface area contributed by atoms with E-state index in [4.69, 9.17) is 9.47 Å². The van der Waals surface area contributed by atoms with E-state index in [0.29, 0.717) is 30.6 Å². The van der Waals surface area contributed by atoms with Crippen LogP contribution in [0.3, 0.4) is 0 Å². The summed E-state index contributed by atoms with van der Waals surface area (Å²) in [7, 11) is -3.76. The number of hydrogen-bond acceptors (Lipinski definition) is 6. The molecule has 3 rings (SSSR count). The smallest absolute Gasteiger partial charge is 0.263 e. The molecule has 1 aromatic heterocycles. The summed E-state index contributed by atoms with van der Waals surface area (Å²) in [5.74, 6) is 1.85. The number of nitrogens with zero attached hydrogens (tertiary/aromatic N) is 1. The summed E-state index contributed by atoms with van der Waals surface area (Å²) >= 11 is 0. The van der Waals surface area contributed by atoms with Crippen LogP contribution in [0.2, 0.25) is 0 Å². The summed E-state index contributed by atoms with van der Waals surface area (Å²) in [5, 5.41) is 3.26. The Kier molecular flexibility index (Phi) is 5.51. The van der Waals surface area contributed by atoms with E-state index < -0.39 is 10.0 Å². The summed E-state index contributed by atoms with van der Waals surface area (Å²) < 4.78 is 38.4. The largest absolute Gasteiger partial charge is 0.486 e. The Morgan fingerprint density at radius 3 is 2.58 bits per heavy atom. The molecule has 0 spiro atoms. The highest BCUT2D eigenvalue weighted by Crippen LogP contribution is 2.32. The predicted molar refractivity (Wildman–Crippen MR) is 100 cm³/mol. The maximum Gasteiger partial charge on any atom is 0.263 e. The van der Waals surface area contributed by atoms with Crippen LogP contribution in [-0.2, 0) is 10.0 Å². The molecule has 2 N–H and O–H groups in total. The Labute approximate surface area is 153 Å². The molecular formula is C18H23N3O4S. The van der Waals surface area contributed by atoms with Gasteiger partial charge in [-0.2, -0.15) is 0 Å². The number of pyridine rings is 1. The fourth-order valence-corrected chi connectivity index (χ4v) is 3.47. The van der Waals surface area contributed by atoms with Crippen molar-refractivity contribution in [2.24, 2.45) is 5.92 Å². The highest BCUT2D eigenvalue weighted by molar-refractivity contribution is 7.92. The van der Waals surface area contributed by atoms with E-state index in [9.17, 15) is 8.42 Å². The molecule has 0 aliphatic carbocycles. The minimum absolute atomic E-state index is 0.0997. The van der Waals surface area contributed by atoms with E-state index in [0.717, 1.165) is 18.7 Å². The number of hydrogen-bond donors (Lipinski definition) is 2. The maximum absolute atomic E-state index is 12.6. The predicted octanol–water partition coefficient (Wildman–Crippen LogP) is 3.11. The molecule has 0 amide bonds. The normalized spacial score (nSPS) is 13.5. The van der Waals surface area contributed by atoms with Gasteiger partial charge in [-0.15, -0.1) is 0 Å². The minimum atomic E-state index is -3.76. The maximum atomic E-state index is 12.6. The quantitative estimate of drug-likeness (QED) is 0.771. The lowest BCUT2D eigenvalue weighted by Gasteiger charge is -2.19. The molecule has 0 radical (unpaired) electrons. The molecule has 2 heterocycles. The molecular weight excluding hydrogens is 354 g/mol. The summed E-state index contributed by atoms with van der Waals surface area (Å²) in [6.07, 6.45) is 2.67. The first-order valence-electron chi connectivity index (χ1n) is 8.56. The molecule has 8 heteroatoms. The SMILES string of the molecule is CC(C)CCNc1ccc(NS(=O)(=O)c2ccc3c(c2)OCCO3)nc1. The average Bonchev–Trinajstić information content (AvgIpc) is 2.62. The number of benzene rings is 1. The van der Waals surface area contributed by atoms with Gasteiger partial charge in [-0.1, -0.05) is 13.8 Å². The van der Waals surface area contributed by atoms with Gasteiger partial charge in [0.2, 0.25) is 0 Å². The van der Waals surface area contributed by atoms with E-state index in [2.05, 4.69) is 28.9 Å². The van der Waals surface area contributed by atoms with Crippen LogP contribution in [0, 0.1) is 5.92 Å². The highest BCUT2D eigenvalue weighted by Gasteiger charge is 2.19. The summed E-state index contributed by atoms with van der Waals surface area (Å²) in [6.45, 7) is 6.03. The van der Waals surface area contributed by atoms with E-state index in [-0.39, 0.29) is 10.7 Å². The second-order valence-corrected chi connectivity index (χ2v) is 8.13. The number of sulfonamides is 1. The van der Waals surface area contributed by atoms with Crippen molar-refractivity contribution < 1.29 is 17.9 Å². The first kappa shape index (κ1) is 18.3. The average molecular weight is 377 g/mol. The second kappa shape index (κ2) is 7.82. The minimum Gasteiger partial charge on any atom is -0.486 e. The van der Waals surface area contributed by atoms with Crippen LogP contribution in [0.15, 0.2) is 41.4 Å². The number of ether oxygens (including phenoxy) is 2. The van der Waals surface area contributed by atoms with Gasteiger partial charge in [0.1, 0.15) is 19.0 Å². The Balaban J connectivity index is 1.67. The van der Waals surface area contributed by atoms with Crippen molar-refractivity contribution in [2.45, 2.75) is 25.2 Å². The Morgan fingerprint density at radius 1 is 1.12 bits per heavy atom. The van der Waals surface area contributed by atoms with Crippen LogP contribution in [0.1, 0.15) is 20.3 Å².